The van der Waals surface area contributed by atoms with Gasteiger partial charge in [0.2, 0.25) is 0 Å². The van der Waals surface area contributed by atoms with Crippen molar-refractivity contribution in [2.45, 2.75) is 19.4 Å². The van der Waals surface area contributed by atoms with Gasteiger partial charge in [0.15, 0.2) is 0 Å². The minimum absolute atomic E-state index is 0. The van der Waals surface area contributed by atoms with Gasteiger partial charge in [-0.3, -0.25) is 0 Å². The molecule has 3 nitrogen and oxygen atoms in total. The Kier molecular flexibility index (Phi) is 5.37. The summed E-state index contributed by atoms with van der Waals surface area (Å²) in [6.07, 6.45) is 6.18. The molecule has 0 aliphatic carbocycles. The van der Waals surface area contributed by atoms with Gasteiger partial charge in [0, 0.05) is 25.4 Å². The van der Waals surface area contributed by atoms with Crippen molar-refractivity contribution in [2.24, 2.45) is 11.7 Å². The molecule has 0 saturated carbocycles. The highest BCUT2D eigenvalue weighted by Gasteiger charge is 2.16. The molecule has 76 valence electrons. The maximum absolute atomic E-state index is 5.59. The Bertz CT molecular complexity index is 249. The van der Waals surface area contributed by atoms with Gasteiger partial charge >= 0.3 is 0 Å². The van der Waals surface area contributed by atoms with Gasteiger partial charge in [-0.15, -0.1) is 24.8 Å². The predicted octanol–water partition coefficient (Wildman–Crippen LogP) is 1.25. The van der Waals surface area contributed by atoms with E-state index in [0.29, 0.717) is 5.92 Å². The first-order valence-electron chi connectivity index (χ1n) is 4.10. The van der Waals surface area contributed by atoms with Crippen molar-refractivity contribution in [3.8, 4) is 0 Å². The molecular weight excluding hydrogens is 209 g/mol. The van der Waals surface area contributed by atoms with Gasteiger partial charge in [0.05, 0.1) is 0 Å². The number of nitrogens with zero attached hydrogens (tertiary/aromatic N) is 2. The standard InChI is InChI=1S/C8H13N3.2ClH/c9-6-7-1-3-11-4-2-10-8(11)5-7;;/h2,4,7H,1,3,5-6,9H2;2*1H. The fourth-order valence-electron chi connectivity index (χ4n) is 1.62. The molecule has 1 aliphatic rings. The van der Waals surface area contributed by atoms with Crippen LogP contribution in [-0.4, -0.2) is 16.1 Å². The number of halogens is 2. The molecule has 2 heterocycles. The zero-order valence-electron chi connectivity index (χ0n) is 7.35. The van der Waals surface area contributed by atoms with Crippen LogP contribution in [0.3, 0.4) is 0 Å². The van der Waals surface area contributed by atoms with Crippen LogP contribution in [0.4, 0.5) is 0 Å². The van der Waals surface area contributed by atoms with E-state index < -0.39 is 0 Å². The van der Waals surface area contributed by atoms with E-state index in [1.165, 1.54) is 12.2 Å². The van der Waals surface area contributed by atoms with Gasteiger partial charge in [-0.05, 0) is 18.9 Å². The first-order chi connectivity index (χ1) is 5.40. The Morgan fingerprint density at radius 3 is 3.00 bits per heavy atom. The Morgan fingerprint density at radius 2 is 2.31 bits per heavy atom. The molecule has 0 radical (unpaired) electrons. The van der Waals surface area contributed by atoms with Crippen molar-refractivity contribution in [3.05, 3.63) is 18.2 Å². The maximum atomic E-state index is 5.59. The molecule has 13 heavy (non-hydrogen) atoms. The van der Waals surface area contributed by atoms with E-state index in [9.17, 15) is 0 Å². The highest BCUT2D eigenvalue weighted by atomic mass is 35.5. The smallest absolute Gasteiger partial charge is 0.108 e. The number of aryl methyl sites for hydroxylation is 1. The highest BCUT2D eigenvalue weighted by molar-refractivity contribution is 5.85. The molecule has 1 aliphatic heterocycles. The monoisotopic (exact) mass is 223 g/mol. The Balaban J connectivity index is 0.000000720. The molecule has 0 amide bonds. The summed E-state index contributed by atoms with van der Waals surface area (Å²) in [6, 6.07) is 0. The molecule has 2 rings (SSSR count). The van der Waals surface area contributed by atoms with E-state index in [1.807, 2.05) is 12.4 Å². The quantitative estimate of drug-likeness (QED) is 0.780. The summed E-state index contributed by atoms with van der Waals surface area (Å²) < 4.78 is 2.21. The lowest BCUT2D eigenvalue weighted by Gasteiger charge is -2.21. The SMILES string of the molecule is Cl.Cl.NCC1CCn2ccnc2C1. The van der Waals surface area contributed by atoms with Crippen molar-refractivity contribution in [3.63, 3.8) is 0 Å². The second-order valence-corrected chi connectivity index (χ2v) is 3.13. The summed E-state index contributed by atoms with van der Waals surface area (Å²) in [7, 11) is 0. The Hall–Kier alpha value is -0.250. The summed E-state index contributed by atoms with van der Waals surface area (Å²) in [5.74, 6) is 1.86. The van der Waals surface area contributed by atoms with E-state index in [2.05, 4.69) is 9.55 Å². The third-order valence-corrected chi connectivity index (χ3v) is 2.38. The molecule has 5 heteroatoms. The first kappa shape index (κ1) is 12.8. The van der Waals surface area contributed by atoms with Gasteiger partial charge in [-0.1, -0.05) is 0 Å². The lowest BCUT2D eigenvalue weighted by Crippen LogP contribution is -2.25. The number of aromatic nitrogens is 2. The largest absolute Gasteiger partial charge is 0.335 e. The van der Waals surface area contributed by atoms with Gasteiger partial charge in [-0.25, -0.2) is 4.98 Å². The second-order valence-electron chi connectivity index (χ2n) is 3.13. The molecule has 0 saturated heterocycles. The zero-order valence-corrected chi connectivity index (χ0v) is 8.98. The van der Waals surface area contributed by atoms with E-state index in [1.54, 1.807) is 0 Å². The minimum atomic E-state index is 0. The average Bonchev–Trinajstić information content (AvgIpc) is 2.50. The van der Waals surface area contributed by atoms with E-state index in [0.717, 1.165) is 19.5 Å². The molecule has 0 aromatic carbocycles. The third-order valence-electron chi connectivity index (χ3n) is 2.38. The van der Waals surface area contributed by atoms with Crippen LogP contribution in [-0.2, 0) is 13.0 Å². The molecule has 0 fully saturated rings. The first-order valence-corrected chi connectivity index (χ1v) is 4.10. The van der Waals surface area contributed by atoms with Gasteiger partial charge in [0.25, 0.3) is 0 Å². The van der Waals surface area contributed by atoms with Gasteiger partial charge < -0.3 is 10.3 Å². The van der Waals surface area contributed by atoms with E-state index >= 15 is 0 Å². The third kappa shape index (κ3) is 2.59. The van der Waals surface area contributed by atoms with E-state index in [-0.39, 0.29) is 24.8 Å². The summed E-state index contributed by atoms with van der Waals surface area (Å²) in [5.41, 5.74) is 5.59. The van der Waals surface area contributed by atoms with Gasteiger partial charge in [-0.2, -0.15) is 0 Å². The van der Waals surface area contributed by atoms with Crippen LogP contribution in [0, 0.1) is 5.92 Å². The number of fused-ring (bicyclic) bond motifs is 1. The van der Waals surface area contributed by atoms with Crippen molar-refractivity contribution < 1.29 is 0 Å². The van der Waals surface area contributed by atoms with Crippen LogP contribution in [0.15, 0.2) is 12.4 Å². The fourth-order valence-corrected chi connectivity index (χ4v) is 1.62. The molecular formula is C8H15Cl2N3. The number of imidazole rings is 1. The van der Waals surface area contributed by atoms with Crippen LogP contribution < -0.4 is 5.73 Å². The number of rotatable bonds is 1. The van der Waals surface area contributed by atoms with Crippen LogP contribution in [0.2, 0.25) is 0 Å². The second kappa shape index (κ2) is 5.47. The summed E-state index contributed by atoms with van der Waals surface area (Å²) in [6.45, 7) is 1.89. The summed E-state index contributed by atoms with van der Waals surface area (Å²) >= 11 is 0. The van der Waals surface area contributed by atoms with E-state index in [4.69, 9.17) is 5.73 Å². The molecule has 1 atom stereocenters. The fraction of sp³-hybridized carbons (Fsp3) is 0.625. The lowest BCUT2D eigenvalue weighted by atomic mass is 9.98. The van der Waals surface area contributed by atoms with Crippen LogP contribution in [0.1, 0.15) is 12.2 Å². The lowest BCUT2D eigenvalue weighted by molar-refractivity contribution is 0.389. The average molecular weight is 224 g/mol. The molecule has 0 spiro atoms. The molecule has 1 aromatic heterocycles. The highest BCUT2D eigenvalue weighted by Crippen LogP contribution is 2.17. The normalized spacial score (nSPS) is 19.6. The number of hydrogen-bond donors (Lipinski definition) is 1. The van der Waals surface area contributed by atoms with Crippen molar-refractivity contribution >= 4 is 24.8 Å². The molecule has 2 N–H and O–H groups in total. The van der Waals surface area contributed by atoms with Crippen LogP contribution in [0.5, 0.6) is 0 Å². The summed E-state index contributed by atoms with van der Waals surface area (Å²) in [4.78, 5) is 4.26. The minimum Gasteiger partial charge on any atom is -0.335 e. The predicted molar refractivity (Wildman–Crippen MR) is 57.6 cm³/mol. The number of nitrogens with two attached hydrogens (primary N) is 1. The zero-order chi connectivity index (χ0) is 7.68. The topological polar surface area (TPSA) is 43.8 Å². The Morgan fingerprint density at radius 1 is 1.54 bits per heavy atom. The van der Waals surface area contributed by atoms with Crippen molar-refractivity contribution in [1.82, 2.24) is 9.55 Å². The van der Waals surface area contributed by atoms with Crippen LogP contribution >= 0.6 is 24.8 Å². The number of hydrogen-bond acceptors (Lipinski definition) is 2. The summed E-state index contributed by atoms with van der Waals surface area (Å²) in [5, 5.41) is 0. The van der Waals surface area contributed by atoms with Gasteiger partial charge in [0.1, 0.15) is 5.82 Å². The Labute approximate surface area is 90.5 Å². The van der Waals surface area contributed by atoms with Crippen molar-refractivity contribution in [1.29, 1.82) is 0 Å². The molecule has 1 aromatic rings. The maximum Gasteiger partial charge on any atom is 0.108 e. The molecule has 1 unspecified atom stereocenters. The molecule has 0 bridgehead atoms. The van der Waals surface area contributed by atoms with Crippen LogP contribution in [0.25, 0.3) is 0 Å². The van der Waals surface area contributed by atoms with Crippen molar-refractivity contribution in [2.75, 3.05) is 6.54 Å².